The molecule has 3 rings (SSSR count). The number of methoxy groups -OCH3 is 1. The Morgan fingerprint density at radius 3 is 2.39 bits per heavy atom. The molecule has 0 spiro atoms. The SMILES string of the molecule is COC(=O)c1ccc(S(=O)(=O)NCC2(c3ccc(C(C)O)s3)CCCC2)cc1. The van der Waals surface area contributed by atoms with Crippen molar-refractivity contribution in [2.75, 3.05) is 13.7 Å². The lowest BCUT2D eigenvalue weighted by Crippen LogP contribution is -2.38. The summed E-state index contributed by atoms with van der Waals surface area (Å²) in [5.74, 6) is -0.506. The van der Waals surface area contributed by atoms with E-state index in [1.807, 2.05) is 12.1 Å². The molecule has 1 heterocycles. The summed E-state index contributed by atoms with van der Waals surface area (Å²) in [5.41, 5.74) is 0.0644. The highest BCUT2D eigenvalue weighted by Gasteiger charge is 2.38. The van der Waals surface area contributed by atoms with E-state index in [-0.39, 0.29) is 10.3 Å². The van der Waals surface area contributed by atoms with E-state index >= 15 is 0 Å². The first-order chi connectivity index (χ1) is 13.3. The van der Waals surface area contributed by atoms with Crippen LogP contribution in [0.1, 0.15) is 58.8 Å². The molecule has 1 aromatic carbocycles. The van der Waals surface area contributed by atoms with Crippen molar-refractivity contribution < 1.29 is 23.1 Å². The molecule has 1 saturated carbocycles. The van der Waals surface area contributed by atoms with Crippen LogP contribution in [-0.4, -0.2) is 33.1 Å². The second-order valence-corrected chi connectivity index (χ2v) is 10.1. The lowest BCUT2D eigenvalue weighted by molar-refractivity contribution is 0.0600. The Morgan fingerprint density at radius 1 is 1.21 bits per heavy atom. The Kier molecular flexibility index (Phi) is 6.24. The Bertz CT molecular complexity index is 926. The molecule has 0 radical (unpaired) electrons. The van der Waals surface area contributed by atoms with Crippen LogP contribution in [0.3, 0.4) is 0 Å². The van der Waals surface area contributed by atoms with Crippen LogP contribution < -0.4 is 4.72 Å². The first kappa shape index (κ1) is 21.0. The van der Waals surface area contributed by atoms with E-state index in [4.69, 9.17) is 0 Å². The smallest absolute Gasteiger partial charge is 0.337 e. The number of carbonyl (C=O) groups is 1. The molecule has 1 aromatic heterocycles. The highest BCUT2D eigenvalue weighted by atomic mass is 32.2. The van der Waals surface area contributed by atoms with E-state index in [1.54, 1.807) is 18.3 Å². The summed E-state index contributed by atoms with van der Waals surface area (Å²) >= 11 is 1.55. The maximum atomic E-state index is 12.8. The summed E-state index contributed by atoms with van der Waals surface area (Å²) in [7, 11) is -2.42. The summed E-state index contributed by atoms with van der Waals surface area (Å²) in [6.07, 6.45) is 3.41. The molecule has 1 aliphatic rings. The van der Waals surface area contributed by atoms with Crippen LogP contribution in [-0.2, 0) is 20.2 Å². The maximum Gasteiger partial charge on any atom is 0.337 e. The molecule has 0 amide bonds. The topological polar surface area (TPSA) is 92.7 Å². The van der Waals surface area contributed by atoms with Gasteiger partial charge in [0.2, 0.25) is 10.0 Å². The van der Waals surface area contributed by atoms with Crippen LogP contribution >= 0.6 is 11.3 Å². The summed E-state index contributed by atoms with van der Waals surface area (Å²) in [6.45, 7) is 2.05. The molecule has 6 nitrogen and oxygen atoms in total. The minimum Gasteiger partial charge on any atom is -0.465 e. The van der Waals surface area contributed by atoms with Gasteiger partial charge in [0.1, 0.15) is 0 Å². The molecule has 0 saturated heterocycles. The number of aliphatic hydroxyl groups excluding tert-OH is 1. The molecule has 1 atom stereocenters. The highest BCUT2D eigenvalue weighted by molar-refractivity contribution is 7.89. The standard InChI is InChI=1S/C20H25NO5S2/c1-14(22)17-9-10-18(27-17)20(11-3-4-12-20)13-21-28(24,25)16-7-5-15(6-8-16)19(23)26-2/h5-10,14,21-22H,3-4,11-13H2,1-2H3. The number of aliphatic hydroxyl groups is 1. The van der Waals surface area contributed by atoms with Gasteiger partial charge in [0.25, 0.3) is 0 Å². The maximum absolute atomic E-state index is 12.8. The lowest BCUT2D eigenvalue weighted by Gasteiger charge is -2.28. The normalized spacial score (nSPS) is 17.4. The summed E-state index contributed by atoms with van der Waals surface area (Å²) in [5, 5.41) is 9.82. The quantitative estimate of drug-likeness (QED) is 0.666. The van der Waals surface area contributed by atoms with Gasteiger partial charge in [-0.15, -0.1) is 11.3 Å². The fourth-order valence-corrected chi connectivity index (χ4v) is 5.95. The fraction of sp³-hybridized carbons (Fsp3) is 0.450. The van der Waals surface area contributed by atoms with Crippen LogP contribution in [0.5, 0.6) is 0 Å². The van der Waals surface area contributed by atoms with Crippen molar-refractivity contribution >= 4 is 27.3 Å². The lowest BCUT2D eigenvalue weighted by atomic mass is 9.85. The zero-order valence-corrected chi connectivity index (χ0v) is 17.6. The minimum atomic E-state index is -3.70. The van der Waals surface area contributed by atoms with Gasteiger partial charge in [-0.3, -0.25) is 0 Å². The van der Waals surface area contributed by atoms with Gasteiger partial charge in [-0.2, -0.15) is 0 Å². The second kappa shape index (κ2) is 8.32. The number of benzene rings is 1. The van der Waals surface area contributed by atoms with Crippen LogP contribution in [0, 0.1) is 0 Å². The van der Waals surface area contributed by atoms with Gasteiger partial charge in [-0.05, 0) is 56.2 Å². The molecule has 2 N–H and O–H groups in total. The molecule has 1 aliphatic carbocycles. The highest BCUT2D eigenvalue weighted by Crippen LogP contribution is 2.44. The monoisotopic (exact) mass is 423 g/mol. The number of carbonyl (C=O) groups excluding carboxylic acids is 1. The van der Waals surface area contributed by atoms with Crippen molar-refractivity contribution in [1.29, 1.82) is 0 Å². The van der Waals surface area contributed by atoms with Crippen molar-refractivity contribution in [3.05, 3.63) is 51.7 Å². The molecule has 2 aromatic rings. The third-order valence-electron chi connectivity index (χ3n) is 5.31. The van der Waals surface area contributed by atoms with Crippen LogP contribution in [0.25, 0.3) is 0 Å². The van der Waals surface area contributed by atoms with Crippen LogP contribution in [0.2, 0.25) is 0 Å². The van der Waals surface area contributed by atoms with Crippen molar-refractivity contribution in [1.82, 2.24) is 4.72 Å². The van der Waals surface area contributed by atoms with E-state index in [0.717, 1.165) is 35.4 Å². The molecule has 1 unspecified atom stereocenters. The molecule has 152 valence electrons. The average Bonchev–Trinajstić information content (AvgIpc) is 3.36. The predicted octanol–water partition coefficient (Wildman–Crippen LogP) is 3.38. The minimum absolute atomic E-state index is 0.115. The summed E-state index contributed by atoms with van der Waals surface area (Å²) in [6, 6.07) is 9.64. The molecule has 28 heavy (non-hydrogen) atoms. The number of thiophene rings is 1. The van der Waals surface area contributed by atoms with Gasteiger partial charge in [-0.1, -0.05) is 12.8 Å². The number of hydrogen-bond acceptors (Lipinski definition) is 6. The van der Waals surface area contributed by atoms with Crippen molar-refractivity contribution in [3.8, 4) is 0 Å². The Hall–Kier alpha value is -1.74. The van der Waals surface area contributed by atoms with Crippen LogP contribution in [0.4, 0.5) is 0 Å². The van der Waals surface area contributed by atoms with Crippen LogP contribution in [0.15, 0.2) is 41.3 Å². The number of hydrogen-bond donors (Lipinski definition) is 2. The zero-order valence-electron chi connectivity index (χ0n) is 16.0. The van der Waals surface area contributed by atoms with Gasteiger partial charge in [-0.25, -0.2) is 17.9 Å². The molecular weight excluding hydrogens is 398 g/mol. The van der Waals surface area contributed by atoms with E-state index in [0.29, 0.717) is 12.1 Å². The summed E-state index contributed by atoms with van der Waals surface area (Å²) in [4.78, 5) is 13.6. The molecule has 0 bridgehead atoms. The van der Waals surface area contributed by atoms with E-state index in [2.05, 4.69) is 9.46 Å². The largest absolute Gasteiger partial charge is 0.465 e. The third kappa shape index (κ3) is 4.30. The third-order valence-corrected chi connectivity index (χ3v) is 8.23. The summed E-state index contributed by atoms with van der Waals surface area (Å²) < 4.78 is 32.9. The Morgan fingerprint density at radius 2 is 1.86 bits per heavy atom. The average molecular weight is 424 g/mol. The van der Waals surface area contributed by atoms with Gasteiger partial charge in [0, 0.05) is 21.7 Å². The zero-order chi connectivity index (χ0) is 20.4. The fourth-order valence-electron chi connectivity index (χ4n) is 3.63. The Balaban J connectivity index is 1.78. The molecule has 8 heteroatoms. The Labute approximate surface area is 169 Å². The van der Waals surface area contributed by atoms with Crippen molar-refractivity contribution in [2.45, 2.75) is 49.0 Å². The van der Waals surface area contributed by atoms with Gasteiger partial charge < -0.3 is 9.84 Å². The van der Waals surface area contributed by atoms with Gasteiger partial charge in [0.05, 0.1) is 23.7 Å². The number of esters is 1. The van der Waals surface area contributed by atoms with E-state index in [9.17, 15) is 18.3 Å². The number of nitrogens with one attached hydrogen (secondary N) is 1. The van der Waals surface area contributed by atoms with Crippen molar-refractivity contribution in [2.24, 2.45) is 0 Å². The van der Waals surface area contributed by atoms with Crippen molar-refractivity contribution in [3.63, 3.8) is 0 Å². The number of sulfonamides is 1. The van der Waals surface area contributed by atoms with E-state index in [1.165, 1.54) is 31.4 Å². The first-order valence-electron chi connectivity index (χ1n) is 9.24. The first-order valence-corrected chi connectivity index (χ1v) is 11.5. The molecular formula is C20H25NO5S2. The number of ether oxygens (including phenoxy) is 1. The number of rotatable bonds is 7. The van der Waals surface area contributed by atoms with Gasteiger partial charge in [0.15, 0.2) is 0 Å². The molecule has 1 fully saturated rings. The predicted molar refractivity (Wildman–Crippen MR) is 108 cm³/mol. The second-order valence-electron chi connectivity index (χ2n) is 7.21. The van der Waals surface area contributed by atoms with Gasteiger partial charge >= 0.3 is 5.97 Å². The molecule has 0 aliphatic heterocycles. The van der Waals surface area contributed by atoms with E-state index < -0.39 is 22.1 Å².